The molecule has 0 heterocycles. The van der Waals surface area contributed by atoms with E-state index in [4.69, 9.17) is 10.5 Å². The number of carbonyl (C=O) groups excluding carboxylic acids is 1. The van der Waals surface area contributed by atoms with Crippen molar-refractivity contribution in [1.82, 2.24) is 0 Å². The van der Waals surface area contributed by atoms with E-state index in [1.165, 1.54) is 0 Å². The molecule has 104 valence electrons. The minimum atomic E-state index is -0.201. The number of amides is 1. The summed E-state index contributed by atoms with van der Waals surface area (Å²) in [5, 5.41) is 2.82. The summed E-state index contributed by atoms with van der Waals surface area (Å²) in [6.07, 6.45) is 0. The fourth-order valence-corrected chi connectivity index (χ4v) is 2.21. The first kappa shape index (κ1) is 14.4. The third-order valence-electron chi connectivity index (χ3n) is 2.92. The molecule has 0 atom stereocenters. The summed E-state index contributed by atoms with van der Waals surface area (Å²) < 4.78 is 6.07. The Balaban J connectivity index is 2.32. The Morgan fingerprint density at radius 1 is 1.25 bits per heavy atom. The van der Waals surface area contributed by atoms with Gasteiger partial charge in [-0.25, -0.2) is 0 Å². The highest BCUT2D eigenvalue weighted by Gasteiger charge is 2.12. The van der Waals surface area contributed by atoms with E-state index in [1.807, 2.05) is 19.1 Å². The molecule has 0 aromatic heterocycles. The second-order valence-corrected chi connectivity index (χ2v) is 5.29. The fraction of sp³-hybridized carbons (Fsp3) is 0.133. The Morgan fingerprint density at radius 2 is 2.00 bits per heavy atom. The largest absolute Gasteiger partial charge is 0.495 e. The smallest absolute Gasteiger partial charge is 0.256 e. The average molecular weight is 335 g/mol. The van der Waals surface area contributed by atoms with E-state index < -0.39 is 0 Å². The lowest BCUT2D eigenvalue weighted by Gasteiger charge is -2.12. The van der Waals surface area contributed by atoms with E-state index in [9.17, 15) is 4.79 Å². The van der Waals surface area contributed by atoms with Gasteiger partial charge >= 0.3 is 0 Å². The molecule has 20 heavy (non-hydrogen) atoms. The van der Waals surface area contributed by atoms with Crippen molar-refractivity contribution in [2.75, 3.05) is 18.2 Å². The Kier molecular flexibility index (Phi) is 4.29. The molecule has 0 bridgehead atoms. The van der Waals surface area contributed by atoms with Crippen LogP contribution < -0.4 is 15.8 Å². The van der Waals surface area contributed by atoms with Gasteiger partial charge in [0.1, 0.15) is 5.75 Å². The molecule has 2 aromatic rings. The maximum atomic E-state index is 12.3. The Bertz CT molecular complexity index is 656. The standard InChI is InChI=1S/C15H15BrN2O2/c1-9-3-4-10(16)7-12(9)15(19)18-13-8-11(17)5-6-14(13)20-2/h3-8H,17H2,1-2H3,(H,18,19). The van der Waals surface area contributed by atoms with Gasteiger partial charge < -0.3 is 15.8 Å². The van der Waals surface area contributed by atoms with E-state index in [0.29, 0.717) is 22.7 Å². The van der Waals surface area contributed by atoms with E-state index in [1.54, 1.807) is 31.4 Å². The molecule has 0 radical (unpaired) electrons. The van der Waals surface area contributed by atoms with Crippen LogP contribution in [0.3, 0.4) is 0 Å². The average Bonchev–Trinajstić information content (AvgIpc) is 2.41. The number of anilines is 2. The fourth-order valence-electron chi connectivity index (χ4n) is 1.85. The van der Waals surface area contributed by atoms with E-state index in [2.05, 4.69) is 21.2 Å². The third-order valence-corrected chi connectivity index (χ3v) is 3.41. The summed E-state index contributed by atoms with van der Waals surface area (Å²) in [7, 11) is 1.55. The molecular weight excluding hydrogens is 320 g/mol. The van der Waals surface area contributed by atoms with Gasteiger partial charge in [-0.3, -0.25) is 4.79 Å². The highest BCUT2D eigenvalue weighted by atomic mass is 79.9. The van der Waals surface area contributed by atoms with Gasteiger partial charge in [0.15, 0.2) is 0 Å². The zero-order valence-corrected chi connectivity index (χ0v) is 12.8. The normalized spacial score (nSPS) is 10.2. The summed E-state index contributed by atoms with van der Waals surface area (Å²) in [5.41, 5.74) is 8.35. The zero-order chi connectivity index (χ0) is 14.7. The molecule has 3 N–H and O–H groups in total. The van der Waals surface area contributed by atoms with Crippen LogP contribution in [-0.2, 0) is 0 Å². The van der Waals surface area contributed by atoms with Crippen molar-refractivity contribution in [3.05, 3.63) is 52.0 Å². The van der Waals surface area contributed by atoms with Crippen molar-refractivity contribution in [3.8, 4) is 5.75 Å². The number of ether oxygens (including phenoxy) is 1. The van der Waals surface area contributed by atoms with Gasteiger partial charge in [-0.2, -0.15) is 0 Å². The van der Waals surface area contributed by atoms with Crippen molar-refractivity contribution < 1.29 is 9.53 Å². The number of nitrogens with one attached hydrogen (secondary N) is 1. The number of nitrogen functional groups attached to an aromatic ring is 1. The molecule has 4 nitrogen and oxygen atoms in total. The lowest BCUT2D eigenvalue weighted by atomic mass is 10.1. The minimum Gasteiger partial charge on any atom is -0.495 e. The minimum absolute atomic E-state index is 0.201. The SMILES string of the molecule is COc1ccc(N)cc1NC(=O)c1cc(Br)ccc1C. The molecule has 2 aromatic carbocycles. The molecule has 1 amide bonds. The molecule has 5 heteroatoms. The molecule has 0 aliphatic carbocycles. The van der Waals surface area contributed by atoms with Crippen molar-refractivity contribution in [2.24, 2.45) is 0 Å². The van der Waals surface area contributed by atoms with Gasteiger partial charge in [-0.15, -0.1) is 0 Å². The van der Waals surface area contributed by atoms with Gasteiger partial charge in [-0.05, 0) is 42.8 Å². The monoisotopic (exact) mass is 334 g/mol. The first-order valence-corrected chi connectivity index (χ1v) is 6.81. The first-order valence-electron chi connectivity index (χ1n) is 6.02. The number of methoxy groups -OCH3 is 1. The second-order valence-electron chi connectivity index (χ2n) is 4.37. The second kappa shape index (κ2) is 5.96. The van der Waals surface area contributed by atoms with Crippen LogP contribution in [0.1, 0.15) is 15.9 Å². The predicted octanol–water partition coefficient (Wildman–Crippen LogP) is 3.60. The molecule has 0 saturated carbocycles. The number of aryl methyl sites for hydroxylation is 1. The molecule has 0 spiro atoms. The number of halogens is 1. The van der Waals surface area contributed by atoms with Crippen LogP contribution in [-0.4, -0.2) is 13.0 Å². The maximum absolute atomic E-state index is 12.3. The molecule has 2 rings (SSSR count). The van der Waals surface area contributed by atoms with Crippen molar-refractivity contribution in [2.45, 2.75) is 6.92 Å². The topological polar surface area (TPSA) is 64.3 Å². The summed E-state index contributed by atoms with van der Waals surface area (Å²) in [5.74, 6) is 0.368. The van der Waals surface area contributed by atoms with Gasteiger partial charge in [0.05, 0.1) is 12.8 Å². The Hall–Kier alpha value is -2.01. The lowest BCUT2D eigenvalue weighted by molar-refractivity contribution is 0.102. The number of hydrogen-bond donors (Lipinski definition) is 2. The maximum Gasteiger partial charge on any atom is 0.256 e. The third kappa shape index (κ3) is 3.11. The van der Waals surface area contributed by atoms with E-state index in [0.717, 1.165) is 10.0 Å². The Labute approximate surface area is 126 Å². The van der Waals surface area contributed by atoms with Crippen molar-refractivity contribution >= 4 is 33.2 Å². The van der Waals surface area contributed by atoms with Crippen LogP contribution in [0.5, 0.6) is 5.75 Å². The summed E-state index contributed by atoms with van der Waals surface area (Å²) in [4.78, 5) is 12.3. The number of nitrogens with two attached hydrogens (primary N) is 1. The zero-order valence-electron chi connectivity index (χ0n) is 11.2. The number of benzene rings is 2. The van der Waals surface area contributed by atoms with Crippen LogP contribution in [0.25, 0.3) is 0 Å². The number of carbonyl (C=O) groups is 1. The summed E-state index contributed by atoms with van der Waals surface area (Å²) >= 11 is 3.37. The summed E-state index contributed by atoms with van der Waals surface area (Å²) in [6, 6.07) is 10.7. The molecular formula is C15H15BrN2O2. The van der Waals surface area contributed by atoms with Crippen LogP contribution in [0.15, 0.2) is 40.9 Å². The van der Waals surface area contributed by atoms with Crippen LogP contribution in [0.2, 0.25) is 0 Å². The molecule has 0 fully saturated rings. The van der Waals surface area contributed by atoms with Gasteiger partial charge in [0.2, 0.25) is 0 Å². The Morgan fingerprint density at radius 3 is 2.70 bits per heavy atom. The van der Waals surface area contributed by atoms with Crippen molar-refractivity contribution in [1.29, 1.82) is 0 Å². The van der Waals surface area contributed by atoms with Gasteiger partial charge in [0.25, 0.3) is 5.91 Å². The highest BCUT2D eigenvalue weighted by molar-refractivity contribution is 9.10. The summed E-state index contributed by atoms with van der Waals surface area (Å²) in [6.45, 7) is 1.89. The number of rotatable bonds is 3. The van der Waals surface area contributed by atoms with Crippen molar-refractivity contribution in [3.63, 3.8) is 0 Å². The molecule has 0 saturated heterocycles. The number of hydrogen-bond acceptors (Lipinski definition) is 3. The molecule has 0 aliphatic heterocycles. The van der Waals surface area contributed by atoms with Gasteiger partial charge in [0, 0.05) is 15.7 Å². The van der Waals surface area contributed by atoms with Gasteiger partial charge in [-0.1, -0.05) is 22.0 Å². The quantitative estimate of drug-likeness (QED) is 0.843. The van der Waals surface area contributed by atoms with Crippen LogP contribution >= 0.6 is 15.9 Å². The van der Waals surface area contributed by atoms with Crippen LogP contribution in [0, 0.1) is 6.92 Å². The van der Waals surface area contributed by atoms with Crippen LogP contribution in [0.4, 0.5) is 11.4 Å². The van der Waals surface area contributed by atoms with E-state index in [-0.39, 0.29) is 5.91 Å². The molecule has 0 unspecified atom stereocenters. The highest BCUT2D eigenvalue weighted by Crippen LogP contribution is 2.27. The molecule has 0 aliphatic rings. The first-order chi connectivity index (χ1) is 9.51. The lowest BCUT2D eigenvalue weighted by Crippen LogP contribution is -2.14. The predicted molar refractivity (Wildman–Crippen MR) is 84.2 cm³/mol. The van der Waals surface area contributed by atoms with E-state index >= 15 is 0 Å².